The van der Waals surface area contributed by atoms with Gasteiger partial charge in [0.25, 0.3) is 7.82 Å². The van der Waals surface area contributed by atoms with Gasteiger partial charge in [0.15, 0.2) is 0 Å². The number of allylic oxidation sites excluding steroid dienone is 25. The lowest BCUT2D eigenvalue weighted by atomic mass is 10.0. The topological polar surface area (TPSA) is 114 Å². The highest BCUT2D eigenvalue weighted by Crippen LogP contribution is 2.38. The number of carbonyl (C=O) groups excluding carboxylic acids is 2. The van der Waals surface area contributed by atoms with E-state index < -0.39 is 26.6 Å². The molecule has 0 aliphatic rings. The zero-order valence-electron chi connectivity index (χ0n) is 56.4. The Labute approximate surface area is 535 Å². The lowest BCUT2D eigenvalue weighted by Crippen LogP contribution is -2.47. The minimum atomic E-state index is -4.73. The number of hydrogen-bond donors (Lipinski definition) is 1. The Morgan fingerprint density at radius 1 is 0.414 bits per heavy atom. The molecular weight excluding hydrogens is 1100 g/mol. The second-order valence-electron chi connectivity index (χ2n) is 23.9. The van der Waals surface area contributed by atoms with Gasteiger partial charge < -0.3 is 28.5 Å². The molecule has 1 amide bonds. The van der Waals surface area contributed by atoms with E-state index in [9.17, 15) is 19.0 Å². The third-order valence-electron chi connectivity index (χ3n) is 14.5. The number of nitrogens with zero attached hydrogens (tertiary/aromatic N) is 1. The van der Waals surface area contributed by atoms with Crippen LogP contribution in [-0.2, 0) is 27.9 Å². The maximum Gasteiger partial charge on any atom is 0.306 e. The van der Waals surface area contributed by atoms with Crippen LogP contribution >= 0.6 is 7.82 Å². The lowest BCUT2D eigenvalue weighted by Gasteiger charge is -2.30. The van der Waals surface area contributed by atoms with Crippen molar-refractivity contribution in [1.82, 2.24) is 5.32 Å². The SMILES string of the molecule is CC/C=C\C/C=C\C/C=C\C/C=C\C/C=C\C/C=C\CCCCCCCCC(=O)OC(/C=C/CCCCCCCCCCCCC)C(COP(=O)([O-])OCC[N+](C)(C)C)NC(=O)CCCCCC/C=C\C/C=C\C/C=C\C/C=C\C/C=C\C/C=C\CC. The van der Waals surface area contributed by atoms with Crippen molar-refractivity contribution < 1.29 is 37.3 Å². The number of unbranched alkanes of at least 4 members (excludes halogenated alkanes) is 21. The monoisotopic (exact) mass is 1220 g/mol. The first-order valence-electron chi connectivity index (χ1n) is 34.8. The molecule has 3 unspecified atom stereocenters. The second kappa shape index (κ2) is 64.6. The molecule has 0 aromatic rings. The van der Waals surface area contributed by atoms with E-state index in [0.29, 0.717) is 23.9 Å². The number of rotatable bonds is 61. The molecule has 0 aliphatic heterocycles. The van der Waals surface area contributed by atoms with Gasteiger partial charge in [0.1, 0.15) is 19.3 Å². The Hall–Kier alpha value is -4.37. The van der Waals surface area contributed by atoms with Crippen LogP contribution in [0.3, 0.4) is 0 Å². The number of amides is 1. The number of nitrogens with one attached hydrogen (secondary N) is 1. The van der Waals surface area contributed by atoms with E-state index in [-0.39, 0.29) is 31.3 Å². The Morgan fingerprint density at radius 3 is 1.10 bits per heavy atom. The molecule has 0 saturated carbocycles. The molecule has 0 heterocycles. The summed E-state index contributed by atoms with van der Waals surface area (Å²) in [6.07, 6.45) is 95.0. The van der Waals surface area contributed by atoms with Crippen LogP contribution in [0, 0.1) is 0 Å². The average Bonchev–Trinajstić information content (AvgIpc) is 3.70. The molecule has 0 aliphatic carbocycles. The molecule has 0 bridgehead atoms. The van der Waals surface area contributed by atoms with Gasteiger partial charge in [-0.2, -0.15) is 0 Å². The van der Waals surface area contributed by atoms with Crippen molar-refractivity contribution in [2.45, 2.75) is 277 Å². The summed E-state index contributed by atoms with van der Waals surface area (Å²) in [5.74, 6) is -0.597. The number of quaternary nitrogens is 1. The number of esters is 1. The quantitative estimate of drug-likeness (QED) is 0.0212. The average molecular weight is 1230 g/mol. The minimum absolute atomic E-state index is 0.0395. The van der Waals surface area contributed by atoms with Gasteiger partial charge in [-0.25, -0.2) is 0 Å². The van der Waals surface area contributed by atoms with Crippen LogP contribution < -0.4 is 10.2 Å². The molecular formula is C77H129N2O7P. The first kappa shape index (κ1) is 82.6. The Bertz CT molecular complexity index is 2050. The maximum absolute atomic E-state index is 13.6. The van der Waals surface area contributed by atoms with E-state index >= 15 is 0 Å². The van der Waals surface area contributed by atoms with Crippen LogP contribution in [0.2, 0.25) is 0 Å². The molecule has 9 nitrogen and oxygen atoms in total. The molecule has 0 fully saturated rings. The van der Waals surface area contributed by atoms with Crippen LogP contribution in [-0.4, -0.2) is 69.4 Å². The third-order valence-corrected chi connectivity index (χ3v) is 15.4. The van der Waals surface area contributed by atoms with E-state index in [1.807, 2.05) is 33.3 Å². The zero-order valence-corrected chi connectivity index (χ0v) is 57.3. The molecule has 10 heteroatoms. The number of hydrogen-bond acceptors (Lipinski definition) is 7. The van der Waals surface area contributed by atoms with Crippen LogP contribution in [0.5, 0.6) is 0 Å². The summed E-state index contributed by atoms with van der Waals surface area (Å²) >= 11 is 0. The molecule has 0 spiro atoms. The molecule has 3 atom stereocenters. The molecule has 0 aromatic carbocycles. The fraction of sp³-hybridized carbons (Fsp3) is 0.636. The van der Waals surface area contributed by atoms with Gasteiger partial charge in [-0.15, -0.1) is 0 Å². The van der Waals surface area contributed by atoms with Crippen LogP contribution in [0.1, 0.15) is 265 Å². The largest absolute Gasteiger partial charge is 0.756 e. The van der Waals surface area contributed by atoms with Gasteiger partial charge in [0.05, 0.1) is 33.8 Å². The fourth-order valence-electron chi connectivity index (χ4n) is 9.18. The third kappa shape index (κ3) is 65.9. The summed E-state index contributed by atoms with van der Waals surface area (Å²) in [5, 5.41) is 3.02. The van der Waals surface area contributed by atoms with Crippen LogP contribution in [0.4, 0.5) is 0 Å². The summed E-state index contributed by atoms with van der Waals surface area (Å²) in [6.45, 7) is 6.58. The van der Waals surface area contributed by atoms with Crippen molar-refractivity contribution >= 4 is 19.7 Å². The van der Waals surface area contributed by atoms with Gasteiger partial charge in [-0.05, 0) is 134 Å². The van der Waals surface area contributed by atoms with Crippen molar-refractivity contribution in [2.24, 2.45) is 0 Å². The fourth-order valence-corrected chi connectivity index (χ4v) is 9.90. The van der Waals surface area contributed by atoms with Gasteiger partial charge in [-0.3, -0.25) is 14.2 Å². The van der Waals surface area contributed by atoms with E-state index in [1.165, 1.54) is 57.8 Å². The molecule has 0 saturated heterocycles. The van der Waals surface area contributed by atoms with E-state index in [0.717, 1.165) is 161 Å². The van der Waals surface area contributed by atoms with Crippen molar-refractivity contribution in [3.05, 3.63) is 158 Å². The molecule has 494 valence electrons. The molecule has 0 aromatic heterocycles. The van der Waals surface area contributed by atoms with Gasteiger partial charge in [0.2, 0.25) is 5.91 Å². The van der Waals surface area contributed by atoms with Crippen molar-refractivity contribution in [3.63, 3.8) is 0 Å². The van der Waals surface area contributed by atoms with E-state index in [1.54, 1.807) is 0 Å². The predicted molar refractivity (Wildman–Crippen MR) is 376 cm³/mol. The highest BCUT2D eigenvalue weighted by molar-refractivity contribution is 7.45. The number of likely N-dealkylation sites (N-methyl/N-ethyl adjacent to an activating group) is 1. The van der Waals surface area contributed by atoms with Gasteiger partial charge in [0, 0.05) is 12.8 Å². The number of carbonyl (C=O) groups is 2. The summed E-state index contributed by atoms with van der Waals surface area (Å²) < 4.78 is 30.4. The normalized spacial score (nSPS) is 14.5. The first-order valence-corrected chi connectivity index (χ1v) is 36.3. The Balaban J connectivity index is 5.26. The minimum Gasteiger partial charge on any atom is -0.756 e. The van der Waals surface area contributed by atoms with Crippen molar-refractivity contribution in [2.75, 3.05) is 40.9 Å². The smallest absolute Gasteiger partial charge is 0.306 e. The highest BCUT2D eigenvalue weighted by Gasteiger charge is 2.27. The second-order valence-corrected chi connectivity index (χ2v) is 25.3. The molecule has 87 heavy (non-hydrogen) atoms. The standard InChI is InChI=1S/C77H129N2O7P/c1-7-10-13-16-19-22-25-28-30-32-34-36-38-39-41-43-45-47-49-52-55-58-61-64-67-70-77(81)86-75(68-65-62-59-56-53-50-27-24-21-18-15-12-9-3)74(73-85-87(82,83)84-72-71-79(4,5)6)78-76(80)69-66-63-60-57-54-51-48-46-44-42-40-37-35-33-31-29-26-23-20-17-14-11-8-2/h10-11,13-14,19-20,22-23,28-31,34-37,39,41-42,44-45,47-48,51,65,68,74-75H,7-9,12,15-18,21,24-27,32-33,38,40,43,46,49-50,52-64,66-67,69-73H2,1-6H3,(H-,78,80,82,83)/b13-10-,14-11-,22-19-,23-20-,30-28-,31-29-,36-34-,37-35-,41-39-,44-42-,47-45-,51-48-,68-65+. The van der Waals surface area contributed by atoms with Crippen LogP contribution in [0.15, 0.2) is 158 Å². The van der Waals surface area contributed by atoms with Crippen molar-refractivity contribution in [1.29, 1.82) is 0 Å². The molecule has 0 rings (SSSR count). The highest BCUT2D eigenvalue weighted by atomic mass is 31.2. The van der Waals surface area contributed by atoms with E-state index in [2.05, 4.69) is 172 Å². The summed E-state index contributed by atoms with van der Waals surface area (Å²) in [5.41, 5.74) is 0. The van der Waals surface area contributed by atoms with E-state index in [4.69, 9.17) is 13.8 Å². The number of phosphoric ester groups is 1. The summed E-state index contributed by atoms with van der Waals surface area (Å²) in [7, 11) is 1.13. The van der Waals surface area contributed by atoms with Gasteiger partial charge in [-0.1, -0.05) is 275 Å². The molecule has 1 N–H and O–H groups in total. The first-order chi connectivity index (χ1) is 42.4. The lowest BCUT2D eigenvalue weighted by molar-refractivity contribution is -0.870. The summed E-state index contributed by atoms with van der Waals surface area (Å²) in [6, 6.07) is -0.923. The summed E-state index contributed by atoms with van der Waals surface area (Å²) in [4.78, 5) is 40.2. The molecule has 0 radical (unpaired) electrons. The number of phosphoric acid groups is 1. The van der Waals surface area contributed by atoms with Crippen molar-refractivity contribution in [3.8, 4) is 0 Å². The van der Waals surface area contributed by atoms with Crippen LogP contribution in [0.25, 0.3) is 0 Å². The number of ether oxygens (including phenoxy) is 1. The Kier molecular flexibility index (Phi) is 61.4. The maximum atomic E-state index is 13.6. The van der Waals surface area contributed by atoms with Gasteiger partial charge >= 0.3 is 5.97 Å². The Morgan fingerprint density at radius 2 is 0.736 bits per heavy atom. The predicted octanol–water partition coefficient (Wildman–Crippen LogP) is 21.7. The zero-order chi connectivity index (χ0) is 63.5.